The fourth-order valence-electron chi connectivity index (χ4n) is 2.74. The van der Waals surface area contributed by atoms with E-state index in [1.807, 2.05) is 34.9 Å². The number of amides is 2. The summed E-state index contributed by atoms with van der Waals surface area (Å²) in [6.45, 7) is 5.23. The molecule has 0 radical (unpaired) electrons. The molecule has 0 saturated carbocycles. The van der Waals surface area contributed by atoms with Crippen molar-refractivity contribution in [1.82, 2.24) is 20.1 Å². The van der Waals surface area contributed by atoms with Crippen LogP contribution < -0.4 is 10.2 Å². The molecule has 1 aromatic heterocycles. The Bertz CT molecular complexity index is 793. The number of carbonyl (C=O) groups excluding carboxylic acids is 2. The molecule has 10 heteroatoms. The van der Waals surface area contributed by atoms with Crippen molar-refractivity contribution in [2.24, 2.45) is 0 Å². The molecule has 0 spiro atoms. The fraction of sp³-hybridized carbons (Fsp3) is 0.444. The molecular weight excluding hydrogens is 382 g/mol. The van der Waals surface area contributed by atoms with Gasteiger partial charge in [0.1, 0.15) is 0 Å². The van der Waals surface area contributed by atoms with E-state index in [1.54, 1.807) is 6.92 Å². The lowest BCUT2D eigenvalue weighted by Gasteiger charge is -2.28. The van der Waals surface area contributed by atoms with Gasteiger partial charge < -0.3 is 14.4 Å². The predicted octanol–water partition coefficient (Wildman–Crippen LogP) is 1.53. The molecule has 0 atom stereocenters. The molecule has 0 aliphatic carbocycles. The van der Waals surface area contributed by atoms with Crippen molar-refractivity contribution in [2.75, 3.05) is 43.6 Å². The molecule has 3 rings (SSSR count). The minimum atomic E-state index is -0.743. The Hall–Kier alpha value is -2.59. The maximum Gasteiger partial charge on any atom is 0.413 e. The monoisotopic (exact) mass is 405 g/mol. The zero-order chi connectivity index (χ0) is 19.8. The van der Waals surface area contributed by atoms with Crippen molar-refractivity contribution >= 4 is 29.7 Å². The summed E-state index contributed by atoms with van der Waals surface area (Å²) in [5.41, 5.74) is 1.11. The summed E-state index contributed by atoms with van der Waals surface area (Å²) >= 11 is 1.23. The number of nitrogens with zero attached hydrogens (tertiary/aromatic N) is 4. The predicted molar refractivity (Wildman–Crippen MR) is 104 cm³/mol. The van der Waals surface area contributed by atoms with Gasteiger partial charge >= 0.3 is 6.09 Å². The first-order valence-electron chi connectivity index (χ1n) is 9.06. The van der Waals surface area contributed by atoms with Crippen LogP contribution in [0.15, 0.2) is 35.5 Å². The lowest BCUT2D eigenvalue weighted by atomic mass is 10.2. The summed E-state index contributed by atoms with van der Waals surface area (Å²) < 4.78 is 12.1. The number of carbonyl (C=O) groups is 2. The molecule has 1 saturated heterocycles. The number of alkyl carbamates (subject to hydrolysis) is 1. The van der Waals surface area contributed by atoms with E-state index in [0.717, 1.165) is 24.6 Å². The number of thioether (sulfide) groups is 1. The highest BCUT2D eigenvalue weighted by molar-refractivity contribution is 7.99. The zero-order valence-electron chi connectivity index (χ0n) is 15.7. The van der Waals surface area contributed by atoms with Gasteiger partial charge in [-0.05, 0) is 12.5 Å². The third-order valence-corrected chi connectivity index (χ3v) is 4.99. The maximum atomic E-state index is 12.0. The van der Waals surface area contributed by atoms with Crippen LogP contribution in [0.5, 0.6) is 0 Å². The molecule has 1 fully saturated rings. The topological polar surface area (TPSA) is 98.6 Å². The van der Waals surface area contributed by atoms with Crippen LogP contribution in [-0.2, 0) is 20.8 Å². The molecule has 150 valence electrons. The van der Waals surface area contributed by atoms with E-state index < -0.39 is 12.0 Å². The minimum absolute atomic E-state index is 0.0366. The van der Waals surface area contributed by atoms with Crippen LogP contribution in [0.4, 0.5) is 10.7 Å². The third-order valence-electron chi connectivity index (χ3n) is 4.02. The minimum Gasteiger partial charge on any atom is -0.450 e. The molecule has 0 unspecified atom stereocenters. The smallest absolute Gasteiger partial charge is 0.413 e. The van der Waals surface area contributed by atoms with Crippen LogP contribution in [0.2, 0.25) is 0 Å². The lowest BCUT2D eigenvalue weighted by molar-refractivity contribution is -0.117. The van der Waals surface area contributed by atoms with Gasteiger partial charge in [-0.2, -0.15) is 0 Å². The molecule has 28 heavy (non-hydrogen) atoms. The van der Waals surface area contributed by atoms with Gasteiger partial charge in [0.15, 0.2) is 5.16 Å². The molecule has 1 N–H and O–H groups in total. The van der Waals surface area contributed by atoms with Crippen LogP contribution in [0.1, 0.15) is 12.5 Å². The van der Waals surface area contributed by atoms with Gasteiger partial charge in [0.25, 0.3) is 0 Å². The van der Waals surface area contributed by atoms with Gasteiger partial charge in [0.2, 0.25) is 11.9 Å². The molecule has 0 bridgehead atoms. The number of morpholine rings is 1. The number of imide groups is 1. The number of rotatable bonds is 7. The normalized spacial score (nSPS) is 14.0. The second kappa shape index (κ2) is 10.1. The Balaban J connectivity index is 1.73. The van der Waals surface area contributed by atoms with E-state index in [0.29, 0.717) is 24.9 Å². The fourth-order valence-corrected chi connectivity index (χ4v) is 3.47. The van der Waals surface area contributed by atoms with Crippen molar-refractivity contribution in [3.8, 4) is 0 Å². The lowest BCUT2D eigenvalue weighted by Crippen LogP contribution is -2.38. The largest absolute Gasteiger partial charge is 0.450 e. The summed E-state index contributed by atoms with van der Waals surface area (Å²) in [7, 11) is 0. The van der Waals surface area contributed by atoms with E-state index in [4.69, 9.17) is 9.47 Å². The molecule has 1 aromatic carbocycles. The SMILES string of the molecule is CCOC(=O)NC(=O)CSc1nnc(N2CCOCC2)n1Cc1ccccc1. The highest BCUT2D eigenvalue weighted by Gasteiger charge is 2.21. The van der Waals surface area contributed by atoms with Gasteiger partial charge in [0, 0.05) is 13.1 Å². The van der Waals surface area contributed by atoms with Crippen LogP contribution in [0.3, 0.4) is 0 Å². The molecule has 2 amide bonds. The number of anilines is 1. The van der Waals surface area contributed by atoms with E-state index in [-0.39, 0.29) is 12.4 Å². The van der Waals surface area contributed by atoms with Gasteiger partial charge in [-0.25, -0.2) is 4.79 Å². The first-order chi connectivity index (χ1) is 13.7. The van der Waals surface area contributed by atoms with E-state index in [1.165, 1.54) is 11.8 Å². The second-order valence-electron chi connectivity index (χ2n) is 6.01. The quantitative estimate of drug-likeness (QED) is 0.693. The maximum absolute atomic E-state index is 12.0. The molecule has 2 aromatic rings. The van der Waals surface area contributed by atoms with Gasteiger partial charge in [-0.3, -0.25) is 14.7 Å². The number of hydrogen-bond acceptors (Lipinski definition) is 8. The Morgan fingerprint density at radius 2 is 1.96 bits per heavy atom. The number of hydrogen-bond donors (Lipinski definition) is 1. The Kier molecular flexibility index (Phi) is 7.26. The van der Waals surface area contributed by atoms with Crippen molar-refractivity contribution in [2.45, 2.75) is 18.6 Å². The number of benzene rings is 1. The van der Waals surface area contributed by atoms with E-state index >= 15 is 0 Å². The van der Waals surface area contributed by atoms with Crippen molar-refractivity contribution in [3.63, 3.8) is 0 Å². The summed E-state index contributed by atoms with van der Waals surface area (Å²) in [6.07, 6.45) is -0.743. The molecule has 9 nitrogen and oxygen atoms in total. The summed E-state index contributed by atoms with van der Waals surface area (Å²) in [5.74, 6) is 0.348. The van der Waals surface area contributed by atoms with Gasteiger partial charge in [0.05, 0.1) is 32.1 Å². The zero-order valence-corrected chi connectivity index (χ0v) is 16.5. The first-order valence-corrected chi connectivity index (χ1v) is 10.0. The molecule has 1 aliphatic rings. The van der Waals surface area contributed by atoms with Crippen molar-refractivity contribution in [1.29, 1.82) is 0 Å². The highest BCUT2D eigenvalue weighted by atomic mass is 32.2. The van der Waals surface area contributed by atoms with Crippen molar-refractivity contribution < 1.29 is 19.1 Å². The molecule has 1 aliphatic heterocycles. The van der Waals surface area contributed by atoms with E-state index in [9.17, 15) is 9.59 Å². The van der Waals surface area contributed by atoms with Crippen LogP contribution in [-0.4, -0.2) is 65.4 Å². The summed E-state index contributed by atoms with van der Waals surface area (Å²) in [5, 5.41) is 11.4. The summed E-state index contributed by atoms with van der Waals surface area (Å²) in [4.78, 5) is 25.5. The second-order valence-corrected chi connectivity index (χ2v) is 6.95. The van der Waals surface area contributed by atoms with Crippen LogP contribution >= 0.6 is 11.8 Å². The number of nitrogens with one attached hydrogen (secondary N) is 1. The molecule has 2 heterocycles. The van der Waals surface area contributed by atoms with Crippen LogP contribution in [0, 0.1) is 0 Å². The van der Waals surface area contributed by atoms with E-state index in [2.05, 4.69) is 20.4 Å². The van der Waals surface area contributed by atoms with Gasteiger partial charge in [-0.1, -0.05) is 42.1 Å². The van der Waals surface area contributed by atoms with Crippen LogP contribution in [0.25, 0.3) is 0 Å². The third kappa shape index (κ3) is 5.46. The first kappa shape index (κ1) is 20.2. The molecular formula is C18H23N5O4S. The Labute approximate surface area is 167 Å². The standard InChI is InChI=1S/C18H23N5O4S/c1-2-27-18(25)19-15(24)13-28-17-21-20-16(22-8-10-26-11-9-22)23(17)12-14-6-4-3-5-7-14/h3-7H,2,8-13H2,1H3,(H,19,24,25). The average molecular weight is 405 g/mol. The van der Waals surface area contributed by atoms with Gasteiger partial charge in [-0.15, -0.1) is 10.2 Å². The summed E-state index contributed by atoms with van der Waals surface area (Å²) in [6, 6.07) is 9.99. The Morgan fingerprint density at radius 1 is 1.21 bits per heavy atom. The Morgan fingerprint density at radius 3 is 2.68 bits per heavy atom. The number of ether oxygens (including phenoxy) is 2. The average Bonchev–Trinajstić information content (AvgIpc) is 3.10. The number of aromatic nitrogens is 3. The van der Waals surface area contributed by atoms with Crippen molar-refractivity contribution in [3.05, 3.63) is 35.9 Å². The highest BCUT2D eigenvalue weighted by Crippen LogP contribution is 2.24.